The van der Waals surface area contributed by atoms with Crippen LogP contribution in [0.15, 0.2) is 72.8 Å². The fourth-order valence-corrected chi connectivity index (χ4v) is 2.32. The number of hydrogen-bond donors (Lipinski definition) is 0. The van der Waals surface area contributed by atoms with Crippen molar-refractivity contribution in [1.29, 1.82) is 0 Å². The summed E-state index contributed by atoms with van der Waals surface area (Å²) >= 11 is 2.82. The molecule has 128 valence electrons. The zero-order chi connectivity index (χ0) is 15.8. The molecule has 0 heterocycles. The van der Waals surface area contributed by atoms with E-state index in [1.807, 2.05) is 50.2 Å². The van der Waals surface area contributed by atoms with Crippen LogP contribution in [0, 0.1) is 6.07 Å². The van der Waals surface area contributed by atoms with E-state index >= 15 is 0 Å². The van der Waals surface area contributed by atoms with E-state index in [4.69, 9.17) is 0 Å². The Labute approximate surface area is 166 Å². The van der Waals surface area contributed by atoms with E-state index in [0.29, 0.717) is 0 Å². The molecule has 0 aromatic heterocycles. The minimum atomic E-state index is 0. The summed E-state index contributed by atoms with van der Waals surface area (Å²) < 4.78 is 1.29. The first kappa shape index (κ1) is 22.8. The van der Waals surface area contributed by atoms with E-state index < -0.39 is 0 Å². The summed E-state index contributed by atoms with van der Waals surface area (Å²) in [6.45, 7) is 4.06. The summed E-state index contributed by atoms with van der Waals surface area (Å²) in [6, 6.07) is 28.1. The van der Waals surface area contributed by atoms with Crippen LogP contribution in [0.1, 0.15) is 25.0 Å². The quantitative estimate of drug-likeness (QED) is 0.343. The molecular weight excluding hydrogens is 375 g/mol. The average Bonchev–Trinajstić information content (AvgIpc) is 3.18. The van der Waals surface area contributed by atoms with Gasteiger partial charge in [0.25, 0.3) is 0 Å². The molecule has 3 heteroatoms. The van der Waals surface area contributed by atoms with E-state index in [-0.39, 0.29) is 24.8 Å². The van der Waals surface area contributed by atoms with Gasteiger partial charge in [0.1, 0.15) is 0 Å². The number of halogens is 2. The molecule has 0 saturated carbocycles. The van der Waals surface area contributed by atoms with Gasteiger partial charge in [-0.25, -0.2) is 12.1 Å². The van der Waals surface area contributed by atoms with Crippen molar-refractivity contribution >= 4 is 4.38 Å². The minimum Gasteiger partial charge on any atom is -1.00 e. The number of benzene rings is 2. The minimum absolute atomic E-state index is 0. The third-order valence-electron chi connectivity index (χ3n) is 3.17. The fraction of sp³-hybridized carbons (Fsp3) is 0.143. The largest absolute Gasteiger partial charge is 1.00 e. The molecular formula is C21H20Cl2Cr-4. The zero-order valence-corrected chi connectivity index (χ0v) is 16.6. The summed E-state index contributed by atoms with van der Waals surface area (Å²) in [6.07, 6.45) is 1.05. The standard InChI is InChI=1S/C13H9.C5H5.C3H6.2ClH.Cr/c1-3-7-12-10(5-1)9-11-6-2-4-8-13(11)12;1-2-4-5-3-1;1-3-2;;;/h1-5,7-8H,9H2;1-5H;1-2H3;2*1H;/q2*-1;;;;/p-2. The van der Waals surface area contributed by atoms with Gasteiger partial charge in [-0.15, -0.1) is 5.56 Å². The van der Waals surface area contributed by atoms with Crippen molar-refractivity contribution in [3.8, 4) is 11.1 Å². The second-order valence-electron chi connectivity index (χ2n) is 5.27. The number of fused-ring (bicyclic) bond motifs is 3. The Bertz CT molecular complexity index is 653. The average molecular weight is 395 g/mol. The van der Waals surface area contributed by atoms with Gasteiger partial charge in [-0.3, -0.25) is 0 Å². The van der Waals surface area contributed by atoms with Crippen molar-refractivity contribution in [3.63, 3.8) is 0 Å². The summed E-state index contributed by atoms with van der Waals surface area (Å²) in [7, 11) is 0. The van der Waals surface area contributed by atoms with Crippen LogP contribution in [0.4, 0.5) is 0 Å². The van der Waals surface area contributed by atoms with Gasteiger partial charge in [0.15, 0.2) is 0 Å². The van der Waals surface area contributed by atoms with Crippen LogP contribution >= 0.6 is 0 Å². The monoisotopic (exact) mass is 394 g/mol. The molecule has 0 radical (unpaired) electrons. The molecule has 4 rings (SSSR count). The van der Waals surface area contributed by atoms with Crippen LogP contribution in [-0.2, 0) is 22.3 Å². The summed E-state index contributed by atoms with van der Waals surface area (Å²) in [5, 5.41) is 0. The Kier molecular flexibility index (Phi) is 11.6. The topological polar surface area (TPSA) is 0 Å². The van der Waals surface area contributed by atoms with Gasteiger partial charge in [0.2, 0.25) is 0 Å². The maximum Gasteiger partial charge on any atom is -0.0253 e. The molecule has 1 aliphatic rings. The van der Waals surface area contributed by atoms with E-state index in [9.17, 15) is 0 Å². The van der Waals surface area contributed by atoms with Gasteiger partial charge in [-0.2, -0.15) is 48.0 Å². The molecule has 3 aromatic carbocycles. The van der Waals surface area contributed by atoms with Crippen molar-refractivity contribution in [2.45, 2.75) is 20.3 Å². The molecule has 24 heavy (non-hydrogen) atoms. The Morgan fingerprint density at radius 1 is 0.917 bits per heavy atom. The normalized spacial score (nSPS) is 9.42. The predicted molar refractivity (Wildman–Crippen MR) is 91.9 cm³/mol. The van der Waals surface area contributed by atoms with Crippen LogP contribution in [-0.4, -0.2) is 4.38 Å². The predicted octanol–water partition coefficient (Wildman–Crippen LogP) is -0.783. The number of rotatable bonds is 0. The Hall–Kier alpha value is -1.23. The summed E-state index contributed by atoms with van der Waals surface area (Å²) in [5.74, 6) is 0. The van der Waals surface area contributed by atoms with Gasteiger partial charge < -0.3 is 24.8 Å². The van der Waals surface area contributed by atoms with Crippen molar-refractivity contribution in [1.82, 2.24) is 0 Å². The first-order valence-corrected chi connectivity index (χ1v) is 8.04. The molecule has 0 saturated heterocycles. The summed E-state index contributed by atoms with van der Waals surface area (Å²) in [4.78, 5) is 0. The third-order valence-corrected chi connectivity index (χ3v) is 3.17. The van der Waals surface area contributed by atoms with Crippen LogP contribution in [0.3, 0.4) is 0 Å². The van der Waals surface area contributed by atoms with Gasteiger partial charge >= 0.3 is 34.1 Å². The fourth-order valence-electron chi connectivity index (χ4n) is 2.32. The molecule has 0 unspecified atom stereocenters. The maximum absolute atomic E-state index is 3.30. The second kappa shape index (κ2) is 12.2. The van der Waals surface area contributed by atoms with E-state index in [1.54, 1.807) is 0 Å². The Morgan fingerprint density at radius 3 is 2.08 bits per heavy atom. The number of hydrogen-bond acceptors (Lipinski definition) is 0. The molecule has 0 N–H and O–H groups in total. The Morgan fingerprint density at radius 2 is 1.50 bits per heavy atom. The van der Waals surface area contributed by atoms with Crippen LogP contribution in [0.5, 0.6) is 0 Å². The van der Waals surface area contributed by atoms with Gasteiger partial charge in [0, 0.05) is 0 Å². The Balaban J connectivity index is 0.000000409. The SMILES string of the molecule is C[C](C)=[Cr].[Cl-].[Cl-].[c-]1cccc2c1Cc1ccccc1-2.c1cc[cH-]c1. The van der Waals surface area contributed by atoms with Crippen LogP contribution < -0.4 is 24.8 Å². The second-order valence-corrected chi connectivity index (χ2v) is 6.54. The molecule has 0 aliphatic heterocycles. The molecule has 0 atom stereocenters. The third kappa shape index (κ3) is 7.12. The maximum atomic E-state index is 3.30. The van der Waals surface area contributed by atoms with Crippen molar-refractivity contribution < 1.29 is 40.7 Å². The van der Waals surface area contributed by atoms with Gasteiger partial charge in [-0.05, 0) is 6.42 Å². The zero-order valence-electron chi connectivity index (χ0n) is 13.8. The smallest absolute Gasteiger partial charge is 0.0253 e. The van der Waals surface area contributed by atoms with E-state index in [0.717, 1.165) is 6.42 Å². The molecule has 0 bridgehead atoms. The molecule has 0 fully saturated rings. The van der Waals surface area contributed by atoms with Crippen molar-refractivity contribution in [3.05, 3.63) is 90.0 Å². The van der Waals surface area contributed by atoms with Gasteiger partial charge in [-0.1, -0.05) is 35.4 Å². The van der Waals surface area contributed by atoms with Crippen LogP contribution in [0.25, 0.3) is 11.1 Å². The molecule has 1 aliphatic carbocycles. The van der Waals surface area contributed by atoms with E-state index in [1.165, 1.54) is 26.6 Å². The molecule has 0 spiro atoms. The summed E-state index contributed by atoms with van der Waals surface area (Å²) in [5.41, 5.74) is 5.51. The van der Waals surface area contributed by atoms with Crippen molar-refractivity contribution in [2.24, 2.45) is 0 Å². The van der Waals surface area contributed by atoms with Gasteiger partial charge in [0.05, 0.1) is 0 Å². The van der Waals surface area contributed by atoms with Crippen LogP contribution in [0.2, 0.25) is 0 Å². The molecule has 0 nitrogen and oxygen atoms in total. The first-order valence-electron chi connectivity index (χ1n) is 7.40. The van der Waals surface area contributed by atoms with E-state index in [2.05, 4.69) is 58.3 Å². The molecule has 3 aromatic rings. The first-order chi connectivity index (χ1) is 10.7. The molecule has 0 amide bonds. The van der Waals surface area contributed by atoms with Crippen molar-refractivity contribution in [2.75, 3.05) is 0 Å².